The lowest BCUT2D eigenvalue weighted by atomic mass is 9.89. The summed E-state index contributed by atoms with van der Waals surface area (Å²) in [5, 5.41) is 5.28. The Hall–Kier alpha value is -4.45. The fourth-order valence-electron chi connectivity index (χ4n) is 4.86. The Morgan fingerprint density at radius 3 is 2.08 bits per heavy atom. The number of carbonyl (C=O) groups excluding carboxylic acids is 2. The summed E-state index contributed by atoms with van der Waals surface area (Å²) in [6.07, 6.45) is -0.137. The minimum absolute atomic E-state index is 0.00863. The maximum absolute atomic E-state index is 13.8. The van der Waals surface area contributed by atoms with Gasteiger partial charge in [0, 0.05) is 28.4 Å². The summed E-state index contributed by atoms with van der Waals surface area (Å²) < 4.78 is 71.7. The molecular weight excluding hydrogens is 677 g/mol. The number of alkyl halides is 3. The van der Waals surface area contributed by atoms with Gasteiger partial charge in [0.2, 0.25) is 5.91 Å². The second kappa shape index (κ2) is 15.4. The zero-order valence-electron chi connectivity index (χ0n) is 27.0. The molecular formula is C37H35ClF3N2O5S-. The zero-order valence-corrected chi connectivity index (χ0v) is 28.5. The van der Waals surface area contributed by atoms with E-state index in [1.54, 1.807) is 48.5 Å². The molecule has 1 atom stereocenters. The van der Waals surface area contributed by atoms with Gasteiger partial charge in [-0.2, -0.15) is 13.2 Å². The van der Waals surface area contributed by atoms with Crippen LogP contribution in [0.15, 0.2) is 97.1 Å². The summed E-state index contributed by atoms with van der Waals surface area (Å²) >= 11 is 6.17. The van der Waals surface area contributed by atoms with E-state index in [-0.39, 0.29) is 34.9 Å². The van der Waals surface area contributed by atoms with E-state index in [1.807, 2.05) is 30.3 Å². The number of hydrogen-bond acceptors (Lipinski definition) is 5. The van der Waals surface area contributed by atoms with E-state index in [0.29, 0.717) is 16.8 Å². The van der Waals surface area contributed by atoms with Gasteiger partial charge >= 0.3 is 6.18 Å². The number of halogens is 4. The molecule has 0 bridgehead atoms. The SMILES string of the molecule is CC(C)(C)/C=C/c1ccc(C(Cc2ccc(C(=O)NCCS(=O)(=O)[O-])cc2)C(=O)Nc2ccc(-c3ccc(C(F)(F)F)cc3Cl)cc2)cc1. The molecule has 2 N–H and O–H groups in total. The molecule has 2 amide bonds. The average Bonchev–Trinajstić information content (AvgIpc) is 3.02. The van der Waals surface area contributed by atoms with Gasteiger partial charge in [0.25, 0.3) is 5.91 Å². The van der Waals surface area contributed by atoms with E-state index >= 15 is 0 Å². The summed E-state index contributed by atoms with van der Waals surface area (Å²) in [6, 6.07) is 23.9. The molecule has 12 heteroatoms. The van der Waals surface area contributed by atoms with Crippen LogP contribution < -0.4 is 10.6 Å². The van der Waals surface area contributed by atoms with E-state index in [9.17, 15) is 35.7 Å². The first kappa shape index (κ1) is 37.4. The number of amides is 2. The van der Waals surface area contributed by atoms with Gasteiger partial charge in [0.1, 0.15) is 0 Å². The molecule has 1 unspecified atom stereocenters. The van der Waals surface area contributed by atoms with Crippen LogP contribution in [0.5, 0.6) is 0 Å². The normalized spacial score (nSPS) is 12.9. The van der Waals surface area contributed by atoms with Crippen LogP contribution in [0.4, 0.5) is 18.9 Å². The highest BCUT2D eigenvalue weighted by Gasteiger charge is 2.31. The maximum atomic E-state index is 13.8. The molecule has 0 spiro atoms. The summed E-state index contributed by atoms with van der Waals surface area (Å²) in [6.45, 7) is 5.96. The molecule has 0 aliphatic heterocycles. The largest absolute Gasteiger partial charge is 0.748 e. The molecule has 0 aromatic heterocycles. The van der Waals surface area contributed by atoms with Crippen LogP contribution in [-0.4, -0.2) is 37.1 Å². The third-order valence-electron chi connectivity index (χ3n) is 7.48. The van der Waals surface area contributed by atoms with E-state index in [2.05, 4.69) is 37.5 Å². The van der Waals surface area contributed by atoms with Crippen molar-refractivity contribution in [3.63, 3.8) is 0 Å². The molecule has 7 nitrogen and oxygen atoms in total. The van der Waals surface area contributed by atoms with Gasteiger partial charge in [-0.3, -0.25) is 9.59 Å². The molecule has 4 rings (SSSR count). The van der Waals surface area contributed by atoms with Crippen molar-refractivity contribution in [2.75, 3.05) is 17.6 Å². The van der Waals surface area contributed by atoms with Crippen molar-refractivity contribution >= 4 is 45.3 Å². The molecule has 0 radical (unpaired) electrons. The highest BCUT2D eigenvalue weighted by Crippen LogP contribution is 2.36. The Morgan fingerprint density at radius 2 is 1.53 bits per heavy atom. The van der Waals surface area contributed by atoms with Gasteiger partial charge in [0.15, 0.2) is 0 Å². The predicted molar refractivity (Wildman–Crippen MR) is 185 cm³/mol. The van der Waals surface area contributed by atoms with Crippen LogP contribution in [0.3, 0.4) is 0 Å². The van der Waals surface area contributed by atoms with Gasteiger partial charge in [-0.15, -0.1) is 0 Å². The van der Waals surface area contributed by atoms with Crippen molar-refractivity contribution in [3.8, 4) is 11.1 Å². The lowest BCUT2D eigenvalue weighted by Gasteiger charge is -2.19. The lowest BCUT2D eigenvalue weighted by molar-refractivity contribution is -0.137. The zero-order chi connectivity index (χ0) is 36.0. The number of allylic oxidation sites excluding steroid dienone is 1. The maximum Gasteiger partial charge on any atom is 0.416 e. The minimum atomic E-state index is -4.51. The average molecular weight is 712 g/mol. The second-order valence-corrected chi connectivity index (χ2v) is 14.5. The van der Waals surface area contributed by atoms with E-state index < -0.39 is 39.4 Å². The molecule has 49 heavy (non-hydrogen) atoms. The Balaban J connectivity index is 1.54. The topological polar surface area (TPSA) is 115 Å². The van der Waals surface area contributed by atoms with E-state index in [0.717, 1.165) is 28.8 Å². The number of benzene rings is 4. The second-order valence-electron chi connectivity index (χ2n) is 12.6. The van der Waals surface area contributed by atoms with Gasteiger partial charge in [0.05, 0.1) is 27.4 Å². The van der Waals surface area contributed by atoms with Crippen LogP contribution in [0.1, 0.15) is 59.3 Å². The Bertz CT molecular complexity index is 1920. The van der Waals surface area contributed by atoms with Gasteiger partial charge in [-0.05, 0) is 70.5 Å². The first-order chi connectivity index (χ1) is 22.9. The minimum Gasteiger partial charge on any atom is -0.748 e. The highest BCUT2D eigenvalue weighted by atomic mass is 35.5. The van der Waals surface area contributed by atoms with Gasteiger partial charge in [-0.1, -0.05) is 99.1 Å². The van der Waals surface area contributed by atoms with Crippen molar-refractivity contribution in [2.45, 2.75) is 39.3 Å². The molecule has 0 aliphatic carbocycles. The fourth-order valence-corrected chi connectivity index (χ4v) is 5.50. The number of hydrogen-bond donors (Lipinski definition) is 2. The quantitative estimate of drug-likeness (QED) is 0.152. The Labute approximate surface area is 289 Å². The van der Waals surface area contributed by atoms with Crippen LogP contribution >= 0.6 is 11.6 Å². The first-order valence-corrected chi connectivity index (χ1v) is 17.2. The number of carbonyl (C=O) groups is 2. The molecule has 0 fully saturated rings. The van der Waals surface area contributed by atoms with Crippen LogP contribution in [0.25, 0.3) is 17.2 Å². The van der Waals surface area contributed by atoms with Crippen LogP contribution in [0.2, 0.25) is 5.02 Å². The highest BCUT2D eigenvalue weighted by molar-refractivity contribution is 7.85. The monoisotopic (exact) mass is 711 g/mol. The molecule has 0 aliphatic rings. The van der Waals surface area contributed by atoms with Gasteiger partial charge in [-0.25, -0.2) is 8.42 Å². The fraction of sp³-hybridized carbons (Fsp3) is 0.243. The number of nitrogens with one attached hydrogen (secondary N) is 2. The molecule has 4 aromatic carbocycles. The molecule has 258 valence electrons. The smallest absolute Gasteiger partial charge is 0.416 e. The predicted octanol–water partition coefficient (Wildman–Crippen LogP) is 8.33. The van der Waals surface area contributed by atoms with E-state index in [4.69, 9.17) is 11.6 Å². The van der Waals surface area contributed by atoms with E-state index in [1.165, 1.54) is 6.07 Å². The summed E-state index contributed by atoms with van der Waals surface area (Å²) in [4.78, 5) is 26.2. The molecule has 0 saturated carbocycles. The number of rotatable bonds is 11. The number of anilines is 1. The molecule has 0 heterocycles. The van der Waals surface area contributed by atoms with Crippen molar-refractivity contribution in [2.24, 2.45) is 5.41 Å². The first-order valence-electron chi connectivity index (χ1n) is 15.3. The van der Waals surface area contributed by atoms with Crippen LogP contribution in [-0.2, 0) is 27.5 Å². The summed E-state index contributed by atoms with van der Waals surface area (Å²) in [5.41, 5.74) is 3.34. The van der Waals surface area contributed by atoms with Crippen molar-refractivity contribution in [1.82, 2.24) is 5.32 Å². The van der Waals surface area contributed by atoms with Gasteiger partial charge < -0.3 is 15.2 Å². The molecule has 0 saturated heterocycles. The van der Waals surface area contributed by atoms with Crippen molar-refractivity contribution in [3.05, 3.63) is 130 Å². The standard InChI is InChI=1S/C37H36ClF3N2O5S/c1-36(2,3)19-18-24-4-8-27(9-5-24)32(22-25-6-10-28(11-7-25)34(44)42-20-21-49(46,47)48)35(45)43-30-15-12-26(13-16-30)31-17-14-29(23-33(31)38)37(39,40)41/h4-19,23,32H,20-22H2,1-3H3,(H,42,44)(H,43,45)(H,46,47,48)/p-1/b19-18+. The Morgan fingerprint density at radius 1 is 0.898 bits per heavy atom. The lowest BCUT2D eigenvalue weighted by Crippen LogP contribution is -2.29. The van der Waals surface area contributed by atoms with Crippen LogP contribution in [0, 0.1) is 5.41 Å². The third-order valence-corrected chi connectivity index (χ3v) is 8.50. The van der Waals surface area contributed by atoms with Crippen molar-refractivity contribution < 1.29 is 35.7 Å². The summed E-state index contributed by atoms with van der Waals surface area (Å²) in [7, 11) is -4.46. The summed E-state index contributed by atoms with van der Waals surface area (Å²) in [5.74, 6) is -2.21. The molecule has 4 aromatic rings. The Kier molecular flexibility index (Phi) is 11.7. The van der Waals surface area contributed by atoms with Crippen molar-refractivity contribution in [1.29, 1.82) is 0 Å². The third kappa shape index (κ3) is 11.3.